The summed E-state index contributed by atoms with van der Waals surface area (Å²) in [6.07, 6.45) is 4.31. The maximum atomic E-state index is 11.0. The van der Waals surface area contributed by atoms with Crippen molar-refractivity contribution in [3.8, 4) is 0 Å². The molecule has 4 heteroatoms. The highest BCUT2D eigenvalue weighted by Crippen LogP contribution is 2.22. The first-order valence-corrected chi connectivity index (χ1v) is 6.15. The molecular formula is C15H16O4. The zero-order valence-corrected chi connectivity index (χ0v) is 10.7. The predicted octanol–water partition coefficient (Wildman–Crippen LogP) is 3.04. The van der Waals surface area contributed by atoms with Crippen molar-refractivity contribution in [2.45, 2.75) is 25.9 Å². The minimum absolute atomic E-state index is 0.366. The van der Waals surface area contributed by atoms with Gasteiger partial charge in [-0.05, 0) is 30.9 Å². The number of carbonyl (C=O) groups is 1. The summed E-state index contributed by atoms with van der Waals surface area (Å²) < 4.78 is 4.81. The maximum Gasteiger partial charge on any atom is 0.377 e. The number of ether oxygens (including phenoxy) is 1. The van der Waals surface area contributed by atoms with Crippen LogP contribution < -0.4 is 0 Å². The second kappa shape index (κ2) is 5.61. The Hall–Kier alpha value is -2.23. The molecule has 100 valence electrons. The highest BCUT2D eigenvalue weighted by atomic mass is 16.6. The van der Waals surface area contributed by atoms with Gasteiger partial charge in [0.2, 0.25) is 5.76 Å². The van der Waals surface area contributed by atoms with Crippen molar-refractivity contribution in [3.05, 3.63) is 53.0 Å². The van der Waals surface area contributed by atoms with Crippen LogP contribution in [0.5, 0.6) is 0 Å². The molecule has 0 aromatic heterocycles. The van der Waals surface area contributed by atoms with E-state index in [1.807, 2.05) is 43.3 Å². The summed E-state index contributed by atoms with van der Waals surface area (Å²) in [5.41, 5.74) is 2.32. The lowest BCUT2D eigenvalue weighted by molar-refractivity contribution is -0.142. The summed E-state index contributed by atoms with van der Waals surface area (Å²) in [6, 6.07) is 8.00. The molecular weight excluding hydrogens is 244 g/mol. The van der Waals surface area contributed by atoms with Crippen molar-refractivity contribution < 1.29 is 19.7 Å². The topological polar surface area (TPSA) is 66.8 Å². The van der Waals surface area contributed by atoms with Crippen LogP contribution in [0.4, 0.5) is 0 Å². The number of cyclic esters (lactones) is 1. The summed E-state index contributed by atoms with van der Waals surface area (Å²) >= 11 is 0. The van der Waals surface area contributed by atoms with Gasteiger partial charge in [-0.15, -0.1) is 0 Å². The number of aliphatic hydroxyl groups excluding tert-OH is 2. The van der Waals surface area contributed by atoms with Crippen LogP contribution in [0, 0.1) is 6.92 Å². The molecule has 1 unspecified atom stereocenters. The largest absolute Gasteiger partial charge is 0.505 e. The fourth-order valence-corrected chi connectivity index (χ4v) is 1.93. The lowest BCUT2D eigenvalue weighted by Gasteiger charge is -2.07. The molecule has 0 saturated carbocycles. The molecule has 0 fully saturated rings. The van der Waals surface area contributed by atoms with E-state index in [1.165, 1.54) is 5.56 Å². The average Bonchev–Trinajstić information content (AvgIpc) is 2.64. The van der Waals surface area contributed by atoms with E-state index in [4.69, 9.17) is 9.84 Å². The summed E-state index contributed by atoms with van der Waals surface area (Å²) in [5, 5.41) is 18.6. The first-order chi connectivity index (χ1) is 9.09. The van der Waals surface area contributed by atoms with E-state index < -0.39 is 17.8 Å². The summed E-state index contributed by atoms with van der Waals surface area (Å²) in [4.78, 5) is 11.0. The molecule has 0 radical (unpaired) electrons. The van der Waals surface area contributed by atoms with Crippen LogP contribution in [-0.2, 0) is 9.53 Å². The molecule has 0 spiro atoms. The molecule has 1 atom stereocenters. The number of benzene rings is 1. The third-order valence-corrected chi connectivity index (χ3v) is 3.07. The number of allylic oxidation sites excluding steroid dienone is 1. The van der Waals surface area contributed by atoms with Gasteiger partial charge in [-0.25, -0.2) is 4.79 Å². The highest BCUT2D eigenvalue weighted by molar-refractivity contribution is 5.88. The summed E-state index contributed by atoms with van der Waals surface area (Å²) in [6.45, 7) is 2.03. The second-order valence-corrected chi connectivity index (χ2v) is 4.46. The van der Waals surface area contributed by atoms with Crippen LogP contribution in [0.1, 0.15) is 24.0 Å². The van der Waals surface area contributed by atoms with Crippen molar-refractivity contribution in [1.82, 2.24) is 0 Å². The molecule has 2 rings (SSSR count). The van der Waals surface area contributed by atoms with Crippen molar-refractivity contribution in [1.29, 1.82) is 0 Å². The van der Waals surface area contributed by atoms with Crippen molar-refractivity contribution in [2.75, 3.05) is 0 Å². The van der Waals surface area contributed by atoms with Crippen LogP contribution in [0.3, 0.4) is 0 Å². The third kappa shape index (κ3) is 2.96. The maximum absolute atomic E-state index is 11.0. The van der Waals surface area contributed by atoms with E-state index in [0.29, 0.717) is 12.8 Å². The average molecular weight is 260 g/mol. The van der Waals surface area contributed by atoms with Gasteiger partial charge in [0.05, 0.1) is 0 Å². The Balaban J connectivity index is 1.88. The molecule has 0 bridgehead atoms. The number of aryl methyl sites for hydroxylation is 1. The van der Waals surface area contributed by atoms with Crippen molar-refractivity contribution in [2.24, 2.45) is 0 Å². The summed E-state index contributed by atoms with van der Waals surface area (Å²) in [7, 11) is 0. The highest BCUT2D eigenvalue weighted by Gasteiger charge is 2.33. The fourth-order valence-electron chi connectivity index (χ4n) is 1.93. The van der Waals surface area contributed by atoms with Crippen molar-refractivity contribution >= 4 is 12.0 Å². The minimum Gasteiger partial charge on any atom is -0.505 e. The van der Waals surface area contributed by atoms with E-state index in [1.54, 1.807) is 0 Å². The van der Waals surface area contributed by atoms with E-state index in [9.17, 15) is 9.90 Å². The van der Waals surface area contributed by atoms with E-state index >= 15 is 0 Å². The van der Waals surface area contributed by atoms with Crippen LogP contribution in [0.2, 0.25) is 0 Å². The molecule has 4 nitrogen and oxygen atoms in total. The quantitative estimate of drug-likeness (QED) is 0.816. The Kier molecular flexibility index (Phi) is 3.90. The second-order valence-electron chi connectivity index (χ2n) is 4.46. The molecule has 1 aliphatic rings. The van der Waals surface area contributed by atoms with E-state index in [2.05, 4.69) is 0 Å². The number of carbonyl (C=O) groups excluding carboxylic acids is 1. The Morgan fingerprint density at radius 2 is 2.05 bits per heavy atom. The van der Waals surface area contributed by atoms with Gasteiger partial charge in [0.25, 0.3) is 0 Å². The van der Waals surface area contributed by atoms with Crippen LogP contribution in [-0.4, -0.2) is 22.3 Å². The number of hydrogen-bond acceptors (Lipinski definition) is 4. The molecule has 1 aromatic carbocycles. The van der Waals surface area contributed by atoms with E-state index in [-0.39, 0.29) is 5.76 Å². The minimum atomic E-state index is -0.856. The van der Waals surface area contributed by atoms with Gasteiger partial charge in [-0.2, -0.15) is 0 Å². The SMILES string of the molecule is Cc1ccccc1C=CCCC1OC(=O)C(O)=C1O. The molecule has 1 aromatic rings. The number of hydrogen-bond donors (Lipinski definition) is 2. The van der Waals surface area contributed by atoms with Crippen LogP contribution in [0.15, 0.2) is 41.9 Å². The number of rotatable bonds is 4. The smallest absolute Gasteiger partial charge is 0.377 e. The van der Waals surface area contributed by atoms with Gasteiger partial charge in [-0.1, -0.05) is 36.4 Å². The van der Waals surface area contributed by atoms with Gasteiger partial charge in [-0.3, -0.25) is 0 Å². The Morgan fingerprint density at radius 1 is 1.32 bits per heavy atom. The number of esters is 1. The monoisotopic (exact) mass is 260 g/mol. The molecule has 19 heavy (non-hydrogen) atoms. The zero-order valence-electron chi connectivity index (χ0n) is 10.7. The lowest BCUT2D eigenvalue weighted by Crippen LogP contribution is -2.10. The lowest BCUT2D eigenvalue weighted by atomic mass is 10.1. The number of aliphatic hydroxyl groups is 2. The Bertz CT molecular complexity index is 543. The Labute approximate surface area is 111 Å². The predicted molar refractivity (Wildman–Crippen MR) is 71.6 cm³/mol. The van der Waals surface area contributed by atoms with Gasteiger partial charge >= 0.3 is 5.97 Å². The van der Waals surface area contributed by atoms with Gasteiger partial charge in [0.15, 0.2) is 11.9 Å². The fraction of sp³-hybridized carbons (Fsp3) is 0.267. The zero-order chi connectivity index (χ0) is 13.8. The van der Waals surface area contributed by atoms with Crippen molar-refractivity contribution in [3.63, 3.8) is 0 Å². The standard InChI is InChI=1S/C15H16O4/c1-10-6-2-3-7-11(10)8-4-5-9-12-13(16)14(17)15(18)19-12/h2-4,6-8,12,16-17H,5,9H2,1H3. The summed E-state index contributed by atoms with van der Waals surface area (Å²) in [5.74, 6) is -1.90. The molecule has 1 heterocycles. The van der Waals surface area contributed by atoms with Crippen LogP contribution in [0.25, 0.3) is 6.08 Å². The molecule has 0 amide bonds. The van der Waals surface area contributed by atoms with Gasteiger partial charge < -0.3 is 14.9 Å². The Morgan fingerprint density at radius 3 is 2.68 bits per heavy atom. The molecule has 1 aliphatic heterocycles. The van der Waals surface area contributed by atoms with Gasteiger partial charge in [0, 0.05) is 0 Å². The molecule has 0 aliphatic carbocycles. The molecule has 0 saturated heterocycles. The first-order valence-electron chi connectivity index (χ1n) is 6.15. The normalized spacial score (nSPS) is 19.2. The van der Waals surface area contributed by atoms with E-state index in [0.717, 1.165) is 5.56 Å². The molecule has 2 N–H and O–H groups in total. The third-order valence-electron chi connectivity index (χ3n) is 3.07. The van der Waals surface area contributed by atoms with Gasteiger partial charge in [0.1, 0.15) is 0 Å². The first kappa shape index (κ1) is 13.2. The van der Waals surface area contributed by atoms with Crippen LogP contribution >= 0.6 is 0 Å².